The van der Waals surface area contributed by atoms with Gasteiger partial charge in [-0.25, -0.2) is 8.42 Å². The molecule has 23 heavy (non-hydrogen) atoms. The van der Waals surface area contributed by atoms with E-state index >= 15 is 0 Å². The van der Waals surface area contributed by atoms with E-state index in [9.17, 15) is 8.42 Å². The standard InChI is InChI=1S/C18H17NO3S/c1-13-4-6-16(7-5-13)23(20,21)19-9-2-3-14-11-15-8-10-22-18(15)12-17(14)19/h4-8,10-12H,2-3,9H2,1H3. The second kappa shape index (κ2) is 5.13. The lowest BCUT2D eigenvalue weighted by Crippen LogP contribution is -2.35. The van der Waals surface area contributed by atoms with Crippen LogP contribution in [0.1, 0.15) is 17.5 Å². The van der Waals surface area contributed by atoms with Crippen LogP contribution >= 0.6 is 0 Å². The normalized spacial score (nSPS) is 14.9. The zero-order valence-corrected chi connectivity index (χ0v) is 13.6. The summed E-state index contributed by atoms with van der Waals surface area (Å²) in [5.41, 5.74) is 3.55. The molecule has 4 rings (SSSR count). The molecule has 0 amide bonds. The van der Waals surface area contributed by atoms with Gasteiger partial charge < -0.3 is 4.42 Å². The number of sulfonamides is 1. The molecule has 1 aliphatic heterocycles. The van der Waals surface area contributed by atoms with Crippen molar-refractivity contribution in [3.8, 4) is 0 Å². The first-order chi connectivity index (χ1) is 11.1. The van der Waals surface area contributed by atoms with E-state index in [1.165, 1.54) is 4.31 Å². The molecule has 1 aliphatic rings. The van der Waals surface area contributed by atoms with Crippen LogP contribution in [0, 0.1) is 6.92 Å². The second-order valence-corrected chi connectivity index (χ2v) is 7.80. The summed E-state index contributed by atoms with van der Waals surface area (Å²) in [6.45, 7) is 2.44. The Labute approximate surface area is 135 Å². The maximum atomic E-state index is 13.0. The third-order valence-electron chi connectivity index (χ3n) is 4.34. The Bertz CT molecular complexity index is 971. The van der Waals surface area contributed by atoms with Gasteiger partial charge in [-0.3, -0.25) is 4.31 Å². The van der Waals surface area contributed by atoms with Gasteiger partial charge in [0.05, 0.1) is 16.8 Å². The van der Waals surface area contributed by atoms with Crippen molar-refractivity contribution in [2.75, 3.05) is 10.8 Å². The van der Waals surface area contributed by atoms with E-state index in [2.05, 4.69) is 0 Å². The summed E-state index contributed by atoms with van der Waals surface area (Å²) < 4.78 is 33.0. The first-order valence-corrected chi connectivity index (χ1v) is 9.09. The summed E-state index contributed by atoms with van der Waals surface area (Å²) in [5.74, 6) is 0. The highest BCUT2D eigenvalue weighted by molar-refractivity contribution is 7.92. The Balaban J connectivity index is 1.85. The van der Waals surface area contributed by atoms with Crippen molar-refractivity contribution in [2.24, 2.45) is 0 Å². The van der Waals surface area contributed by atoms with Crippen molar-refractivity contribution < 1.29 is 12.8 Å². The van der Waals surface area contributed by atoms with Gasteiger partial charge in [-0.05, 0) is 49.6 Å². The van der Waals surface area contributed by atoms with Crippen LogP contribution in [0.2, 0.25) is 0 Å². The summed E-state index contributed by atoms with van der Waals surface area (Å²) in [5, 5.41) is 1.01. The molecule has 3 aromatic rings. The van der Waals surface area contributed by atoms with E-state index in [0.29, 0.717) is 11.4 Å². The molecule has 2 heterocycles. The molecule has 2 aromatic carbocycles. The Hall–Kier alpha value is -2.27. The highest BCUT2D eigenvalue weighted by Gasteiger charge is 2.29. The van der Waals surface area contributed by atoms with Crippen molar-refractivity contribution in [1.82, 2.24) is 0 Å². The molecule has 0 bridgehead atoms. The monoisotopic (exact) mass is 327 g/mol. The summed E-state index contributed by atoms with van der Waals surface area (Å²) in [6, 6.07) is 12.8. The molecule has 1 aromatic heterocycles. The number of fused-ring (bicyclic) bond motifs is 2. The van der Waals surface area contributed by atoms with Crippen LogP contribution in [0.3, 0.4) is 0 Å². The van der Waals surface area contributed by atoms with Gasteiger partial charge in [0.25, 0.3) is 10.0 Å². The van der Waals surface area contributed by atoms with Crippen molar-refractivity contribution in [3.05, 3.63) is 59.9 Å². The number of hydrogen-bond donors (Lipinski definition) is 0. The molecule has 0 atom stereocenters. The van der Waals surface area contributed by atoms with Gasteiger partial charge in [0.1, 0.15) is 5.58 Å². The molecule has 4 nitrogen and oxygen atoms in total. The fraction of sp³-hybridized carbons (Fsp3) is 0.222. The van der Waals surface area contributed by atoms with E-state index in [1.807, 2.05) is 37.3 Å². The van der Waals surface area contributed by atoms with Crippen molar-refractivity contribution in [1.29, 1.82) is 0 Å². The molecule has 0 aliphatic carbocycles. The maximum absolute atomic E-state index is 13.0. The zero-order valence-electron chi connectivity index (χ0n) is 12.8. The SMILES string of the molecule is Cc1ccc(S(=O)(=O)N2CCCc3cc4ccoc4cc32)cc1. The van der Waals surface area contributed by atoms with Crippen LogP contribution in [0.5, 0.6) is 0 Å². The molecule has 0 radical (unpaired) electrons. The summed E-state index contributed by atoms with van der Waals surface area (Å²) in [4.78, 5) is 0.329. The average Bonchev–Trinajstić information content (AvgIpc) is 2.99. The fourth-order valence-electron chi connectivity index (χ4n) is 3.10. The minimum absolute atomic E-state index is 0.329. The molecular formula is C18H17NO3S. The Morgan fingerprint density at radius 1 is 1.09 bits per heavy atom. The van der Waals surface area contributed by atoms with Crippen molar-refractivity contribution in [2.45, 2.75) is 24.7 Å². The lowest BCUT2D eigenvalue weighted by molar-refractivity contribution is 0.586. The van der Waals surface area contributed by atoms with Crippen molar-refractivity contribution >= 4 is 26.7 Å². The third-order valence-corrected chi connectivity index (χ3v) is 6.17. The van der Waals surface area contributed by atoms with E-state index in [1.54, 1.807) is 18.4 Å². The van der Waals surface area contributed by atoms with Crippen LogP contribution in [0.15, 0.2) is 58.0 Å². The Morgan fingerprint density at radius 2 is 1.87 bits per heavy atom. The zero-order chi connectivity index (χ0) is 16.0. The number of hydrogen-bond acceptors (Lipinski definition) is 3. The van der Waals surface area contributed by atoms with Gasteiger partial charge in [0.15, 0.2) is 0 Å². The second-order valence-electron chi connectivity index (χ2n) is 5.93. The predicted molar refractivity (Wildman–Crippen MR) is 90.2 cm³/mol. The Morgan fingerprint density at radius 3 is 2.65 bits per heavy atom. The molecule has 5 heteroatoms. The molecule has 0 N–H and O–H groups in total. The smallest absolute Gasteiger partial charge is 0.264 e. The summed E-state index contributed by atoms with van der Waals surface area (Å²) in [6.07, 6.45) is 3.34. The number of furan rings is 1. The average molecular weight is 327 g/mol. The molecule has 0 unspecified atom stereocenters. The number of benzene rings is 2. The highest BCUT2D eigenvalue weighted by Crippen LogP contribution is 2.35. The molecular weight excluding hydrogens is 310 g/mol. The van der Waals surface area contributed by atoms with E-state index in [0.717, 1.165) is 40.6 Å². The minimum atomic E-state index is -3.55. The molecule has 118 valence electrons. The third kappa shape index (κ3) is 2.32. The van der Waals surface area contributed by atoms with Crippen molar-refractivity contribution in [3.63, 3.8) is 0 Å². The topological polar surface area (TPSA) is 50.5 Å². The molecule has 0 saturated carbocycles. The van der Waals surface area contributed by atoms with Crippen LogP contribution in [0.4, 0.5) is 5.69 Å². The number of rotatable bonds is 2. The lowest BCUT2D eigenvalue weighted by Gasteiger charge is -2.30. The van der Waals surface area contributed by atoms with Gasteiger partial charge in [0, 0.05) is 18.0 Å². The first kappa shape index (κ1) is 14.3. The van der Waals surface area contributed by atoms with Gasteiger partial charge in [-0.1, -0.05) is 17.7 Å². The quantitative estimate of drug-likeness (QED) is 0.717. The maximum Gasteiger partial charge on any atom is 0.264 e. The Kier molecular flexibility index (Phi) is 3.20. The van der Waals surface area contributed by atoms with E-state index < -0.39 is 10.0 Å². The van der Waals surface area contributed by atoms with E-state index in [-0.39, 0.29) is 0 Å². The van der Waals surface area contributed by atoms with Gasteiger partial charge in [0.2, 0.25) is 0 Å². The predicted octanol–water partition coefficient (Wildman–Crippen LogP) is 3.88. The van der Waals surface area contributed by atoms with E-state index in [4.69, 9.17) is 4.42 Å². The molecule has 0 fully saturated rings. The summed E-state index contributed by atoms with van der Waals surface area (Å²) >= 11 is 0. The molecule has 0 saturated heterocycles. The number of anilines is 1. The highest BCUT2D eigenvalue weighted by atomic mass is 32.2. The lowest BCUT2D eigenvalue weighted by atomic mass is 10.0. The number of aryl methyl sites for hydroxylation is 2. The minimum Gasteiger partial charge on any atom is -0.464 e. The van der Waals surface area contributed by atoms with Crippen LogP contribution < -0.4 is 4.31 Å². The largest absolute Gasteiger partial charge is 0.464 e. The fourth-order valence-corrected chi connectivity index (χ4v) is 4.63. The van der Waals surface area contributed by atoms with Crippen LogP contribution in [-0.2, 0) is 16.4 Å². The summed E-state index contributed by atoms with van der Waals surface area (Å²) in [7, 11) is -3.55. The molecule has 0 spiro atoms. The number of nitrogens with zero attached hydrogens (tertiary/aromatic N) is 1. The van der Waals surface area contributed by atoms with Crippen LogP contribution in [-0.4, -0.2) is 15.0 Å². The van der Waals surface area contributed by atoms with Gasteiger partial charge >= 0.3 is 0 Å². The van der Waals surface area contributed by atoms with Crippen LogP contribution in [0.25, 0.3) is 11.0 Å². The first-order valence-electron chi connectivity index (χ1n) is 7.65. The van der Waals surface area contributed by atoms with Gasteiger partial charge in [-0.2, -0.15) is 0 Å². The van der Waals surface area contributed by atoms with Gasteiger partial charge in [-0.15, -0.1) is 0 Å².